The highest BCUT2D eigenvalue weighted by Crippen LogP contribution is 2.32. The van der Waals surface area contributed by atoms with Crippen LogP contribution in [0.15, 0.2) is 11.6 Å². The number of hydrogen-bond donors (Lipinski definition) is 3. The number of amides is 1. The predicted molar refractivity (Wildman–Crippen MR) is 76.3 cm³/mol. The van der Waals surface area contributed by atoms with Gasteiger partial charge in [0.05, 0.1) is 6.54 Å². The maximum absolute atomic E-state index is 11.7. The molecule has 2 rings (SSSR count). The first kappa shape index (κ1) is 15.0. The van der Waals surface area contributed by atoms with Crippen molar-refractivity contribution in [3.8, 4) is 0 Å². The van der Waals surface area contributed by atoms with E-state index in [0.717, 1.165) is 32.1 Å². The first-order valence-electron chi connectivity index (χ1n) is 7.57. The van der Waals surface area contributed by atoms with Crippen molar-refractivity contribution in [1.29, 1.82) is 0 Å². The largest absolute Gasteiger partial charge is 0.480 e. The number of carbonyl (C=O) groups excluding carboxylic acids is 1. The Kier molecular flexibility index (Phi) is 5.59. The molecule has 3 N–H and O–H groups in total. The van der Waals surface area contributed by atoms with Crippen molar-refractivity contribution in [3.05, 3.63) is 11.6 Å². The van der Waals surface area contributed by atoms with Crippen molar-refractivity contribution in [1.82, 2.24) is 10.6 Å². The third-order valence-corrected chi connectivity index (χ3v) is 4.00. The summed E-state index contributed by atoms with van der Waals surface area (Å²) >= 11 is 0. The number of hydrogen-bond acceptors (Lipinski definition) is 3. The molecule has 1 unspecified atom stereocenters. The van der Waals surface area contributed by atoms with Crippen LogP contribution in [0.4, 0.5) is 0 Å². The predicted octanol–water partition coefficient (Wildman–Crippen LogP) is 1.45. The molecule has 0 heterocycles. The van der Waals surface area contributed by atoms with Crippen molar-refractivity contribution in [3.63, 3.8) is 0 Å². The Labute approximate surface area is 119 Å². The van der Waals surface area contributed by atoms with Crippen LogP contribution < -0.4 is 10.6 Å². The fourth-order valence-corrected chi connectivity index (χ4v) is 2.64. The Morgan fingerprint density at radius 1 is 1.35 bits per heavy atom. The summed E-state index contributed by atoms with van der Waals surface area (Å²) in [5, 5.41) is 14.7. The molecule has 2 aliphatic rings. The van der Waals surface area contributed by atoms with Gasteiger partial charge in [0.25, 0.3) is 0 Å². The topological polar surface area (TPSA) is 78.4 Å². The third-order valence-electron chi connectivity index (χ3n) is 4.00. The molecule has 5 heteroatoms. The lowest BCUT2D eigenvalue weighted by Gasteiger charge is -2.15. The SMILES string of the molecule is O=C(CNC(C(=O)O)C1CC1)NCCC1=CCCCC1. The van der Waals surface area contributed by atoms with E-state index >= 15 is 0 Å². The summed E-state index contributed by atoms with van der Waals surface area (Å²) in [7, 11) is 0. The molecule has 20 heavy (non-hydrogen) atoms. The summed E-state index contributed by atoms with van der Waals surface area (Å²) in [6.07, 6.45) is 9.92. The maximum Gasteiger partial charge on any atom is 0.320 e. The van der Waals surface area contributed by atoms with E-state index in [1.807, 2.05) is 0 Å². The van der Waals surface area contributed by atoms with Gasteiger partial charge in [0, 0.05) is 6.54 Å². The average Bonchev–Trinajstić information content (AvgIpc) is 3.24. The number of allylic oxidation sites excluding steroid dienone is 1. The number of carboxylic acids is 1. The lowest BCUT2D eigenvalue weighted by atomic mass is 9.97. The smallest absolute Gasteiger partial charge is 0.320 e. The molecule has 0 aliphatic heterocycles. The highest BCUT2D eigenvalue weighted by Gasteiger charge is 2.36. The molecule has 1 atom stereocenters. The van der Waals surface area contributed by atoms with Crippen molar-refractivity contribution >= 4 is 11.9 Å². The van der Waals surface area contributed by atoms with E-state index in [1.54, 1.807) is 0 Å². The summed E-state index contributed by atoms with van der Waals surface area (Å²) in [5.41, 5.74) is 1.44. The number of carboxylic acid groups (broad SMARTS) is 1. The van der Waals surface area contributed by atoms with Gasteiger partial charge in [-0.2, -0.15) is 0 Å². The van der Waals surface area contributed by atoms with Gasteiger partial charge >= 0.3 is 5.97 Å². The standard InChI is InChI=1S/C15H24N2O3/c18-13(10-17-14(15(19)20)12-6-7-12)16-9-8-11-4-2-1-3-5-11/h4,12,14,17H,1-3,5-10H2,(H,16,18)(H,19,20). The zero-order valence-electron chi connectivity index (χ0n) is 11.9. The Balaban J connectivity index is 1.60. The minimum Gasteiger partial charge on any atom is -0.480 e. The van der Waals surface area contributed by atoms with E-state index < -0.39 is 12.0 Å². The Morgan fingerprint density at radius 3 is 2.75 bits per heavy atom. The first-order valence-corrected chi connectivity index (χ1v) is 7.57. The second-order valence-corrected chi connectivity index (χ2v) is 5.74. The maximum atomic E-state index is 11.7. The van der Waals surface area contributed by atoms with E-state index in [2.05, 4.69) is 16.7 Å². The second-order valence-electron chi connectivity index (χ2n) is 5.74. The molecule has 0 aromatic carbocycles. The second kappa shape index (κ2) is 7.43. The molecule has 5 nitrogen and oxygen atoms in total. The minimum atomic E-state index is -0.854. The molecule has 1 saturated carbocycles. The molecular formula is C15H24N2O3. The summed E-state index contributed by atoms with van der Waals surface area (Å²) in [5.74, 6) is -0.770. The Morgan fingerprint density at radius 2 is 2.15 bits per heavy atom. The average molecular weight is 280 g/mol. The van der Waals surface area contributed by atoms with E-state index in [9.17, 15) is 9.59 Å². The summed E-state index contributed by atoms with van der Waals surface area (Å²) < 4.78 is 0. The van der Waals surface area contributed by atoms with Gasteiger partial charge in [-0.15, -0.1) is 0 Å². The number of aliphatic carboxylic acids is 1. The Hall–Kier alpha value is -1.36. The van der Waals surface area contributed by atoms with Gasteiger partial charge in [-0.05, 0) is 50.9 Å². The van der Waals surface area contributed by atoms with Crippen LogP contribution in [0.5, 0.6) is 0 Å². The first-order chi connectivity index (χ1) is 9.66. The molecule has 1 fully saturated rings. The van der Waals surface area contributed by atoms with Gasteiger partial charge in [-0.1, -0.05) is 11.6 Å². The van der Waals surface area contributed by atoms with Crippen molar-refractivity contribution in [2.75, 3.05) is 13.1 Å². The van der Waals surface area contributed by atoms with Crippen LogP contribution in [0.25, 0.3) is 0 Å². The number of rotatable bonds is 8. The van der Waals surface area contributed by atoms with Gasteiger partial charge < -0.3 is 10.4 Å². The van der Waals surface area contributed by atoms with Crippen LogP contribution in [-0.4, -0.2) is 36.1 Å². The van der Waals surface area contributed by atoms with E-state index in [-0.39, 0.29) is 18.4 Å². The van der Waals surface area contributed by atoms with Gasteiger partial charge in [-0.25, -0.2) is 0 Å². The monoisotopic (exact) mass is 280 g/mol. The van der Waals surface area contributed by atoms with Crippen LogP contribution in [0.1, 0.15) is 44.9 Å². The number of carbonyl (C=O) groups is 2. The highest BCUT2D eigenvalue weighted by molar-refractivity contribution is 5.80. The zero-order valence-corrected chi connectivity index (χ0v) is 11.9. The van der Waals surface area contributed by atoms with Crippen LogP contribution in [0.3, 0.4) is 0 Å². The minimum absolute atomic E-state index is 0.0898. The molecule has 0 radical (unpaired) electrons. The normalized spacial score (nSPS) is 20.1. The van der Waals surface area contributed by atoms with Gasteiger partial charge in [0.15, 0.2) is 0 Å². The van der Waals surface area contributed by atoms with E-state index in [0.29, 0.717) is 6.54 Å². The molecule has 2 aliphatic carbocycles. The third kappa shape index (κ3) is 4.96. The van der Waals surface area contributed by atoms with Crippen molar-refractivity contribution < 1.29 is 14.7 Å². The zero-order chi connectivity index (χ0) is 14.4. The van der Waals surface area contributed by atoms with Crippen LogP contribution >= 0.6 is 0 Å². The fraction of sp³-hybridized carbons (Fsp3) is 0.733. The Bertz CT molecular complexity index is 389. The van der Waals surface area contributed by atoms with Crippen molar-refractivity contribution in [2.45, 2.75) is 51.0 Å². The van der Waals surface area contributed by atoms with E-state index in [1.165, 1.54) is 18.4 Å². The molecule has 112 valence electrons. The quantitative estimate of drug-likeness (QED) is 0.588. The van der Waals surface area contributed by atoms with E-state index in [4.69, 9.17) is 5.11 Å². The lowest BCUT2D eigenvalue weighted by molar-refractivity contribution is -0.140. The molecule has 0 aromatic heterocycles. The van der Waals surface area contributed by atoms with Crippen LogP contribution in [0.2, 0.25) is 0 Å². The molecule has 0 aromatic rings. The molecule has 1 amide bonds. The van der Waals surface area contributed by atoms with Gasteiger partial charge in [-0.3, -0.25) is 14.9 Å². The van der Waals surface area contributed by atoms with Crippen LogP contribution in [0, 0.1) is 5.92 Å². The fourth-order valence-electron chi connectivity index (χ4n) is 2.64. The summed E-state index contributed by atoms with van der Waals surface area (Å²) in [6, 6.07) is -0.568. The van der Waals surface area contributed by atoms with Crippen LogP contribution in [-0.2, 0) is 9.59 Å². The summed E-state index contributed by atoms with van der Waals surface area (Å²) in [6.45, 7) is 0.736. The number of nitrogens with one attached hydrogen (secondary N) is 2. The van der Waals surface area contributed by atoms with Gasteiger partial charge in [0.1, 0.15) is 6.04 Å². The molecule has 0 saturated heterocycles. The van der Waals surface area contributed by atoms with Gasteiger partial charge in [0.2, 0.25) is 5.91 Å². The lowest BCUT2D eigenvalue weighted by Crippen LogP contribution is -2.44. The molecular weight excluding hydrogens is 256 g/mol. The molecule has 0 spiro atoms. The van der Waals surface area contributed by atoms with Crippen molar-refractivity contribution in [2.24, 2.45) is 5.92 Å². The highest BCUT2D eigenvalue weighted by atomic mass is 16.4. The summed E-state index contributed by atoms with van der Waals surface area (Å²) in [4.78, 5) is 22.7. The molecule has 0 bridgehead atoms.